The Balaban J connectivity index is 1.80. The molecule has 6 nitrogen and oxygen atoms in total. The first-order valence-electron chi connectivity index (χ1n) is 23.2. The van der Waals surface area contributed by atoms with Crippen LogP contribution in [0, 0.1) is 0 Å². The molecule has 0 bridgehead atoms. The number of amides is 2. The molecule has 0 aliphatic rings. The largest absolute Gasteiger partial charge is 0.326 e. The third kappa shape index (κ3) is 26.0. The Kier molecular flexibility index (Phi) is 29.5. The van der Waals surface area contributed by atoms with Gasteiger partial charge < -0.3 is 20.4 Å². The second kappa shape index (κ2) is 33.4. The second-order valence-corrected chi connectivity index (χ2v) is 16.2. The Morgan fingerprint density at radius 2 is 0.727 bits per heavy atom. The van der Waals surface area contributed by atoms with Crippen LogP contribution in [0.15, 0.2) is 48.5 Å². The van der Waals surface area contributed by atoms with Crippen LogP contribution in [-0.2, 0) is 16.0 Å². The Morgan fingerprint density at radius 1 is 0.418 bits per heavy atom. The molecule has 0 saturated heterocycles. The summed E-state index contributed by atoms with van der Waals surface area (Å²) in [6.45, 7) is 15.7. The Morgan fingerprint density at radius 3 is 1.05 bits per heavy atom. The van der Waals surface area contributed by atoms with Crippen molar-refractivity contribution in [3.05, 3.63) is 59.7 Å². The molecule has 0 radical (unpaired) electrons. The smallest absolute Gasteiger partial charge is 0.224 e. The number of nitrogens with zero attached hydrogens (tertiary/aromatic N) is 2. The molecule has 2 amide bonds. The summed E-state index contributed by atoms with van der Waals surface area (Å²) in [6, 6.07) is 16.4. The molecule has 312 valence electrons. The Hall–Kier alpha value is -2.70. The summed E-state index contributed by atoms with van der Waals surface area (Å²) in [4.78, 5) is 31.2. The predicted octanol–water partition coefficient (Wildman–Crippen LogP) is 13.2. The number of hydrogen-bond acceptors (Lipinski definition) is 4. The first kappa shape index (κ1) is 48.4. The zero-order valence-electron chi connectivity index (χ0n) is 36.3. The quantitative estimate of drug-likeness (QED) is 0.0679. The van der Waals surface area contributed by atoms with Gasteiger partial charge in [-0.1, -0.05) is 155 Å². The van der Waals surface area contributed by atoms with Gasteiger partial charge in [0.05, 0.1) is 0 Å². The highest BCUT2D eigenvalue weighted by atomic mass is 16.2. The van der Waals surface area contributed by atoms with Crippen molar-refractivity contribution in [2.75, 3.05) is 49.9 Å². The van der Waals surface area contributed by atoms with Crippen LogP contribution in [0.2, 0.25) is 0 Å². The van der Waals surface area contributed by atoms with Gasteiger partial charge in [-0.2, -0.15) is 0 Å². The summed E-state index contributed by atoms with van der Waals surface area (Å²) in [5.74, 6) is 0.185. The maximum atomic E-state index is 13.0. The molecule has 0 unspecified atom stereocenters. The van der Waals surface area contributed by atoms with Crippen LogP contribution >= 0.6 is 0 Å². The molecule has 0 aliphatic heterocycles. The lowest BCUT2D eigenvalue weighted by atomic mass is 10.0. The van der Waals surface area contributed by atoms with Crippen molar-refractivity contribution in [1.29, 1.82) is 0 Å². The van der Waals surface area contributed by atoms with Gasteiger partial charge in [0.15, 0.2) is 0 Å². The summed E-state index contributed by atoms with van der Waals surface area (Å²) in [5.41, 5.74) is 3.99. The molecular weight excluding hydrogens is 677 g/mol. The van der Waals surface area contributed by atoms with Gasteiger partial charge in [0.1, 0.15) is 0 Å². The topological polar surface area (TPSA) is 64.7 Å². The average Bonchev–Trinajstić information content (AvgIpc) is 3.17. The van der Waals surface area contributed by atoms with Crippen LogP contribution in [0.3, 0.4) is 0 Å². The lowest BCUT2D eigenvalue weighted by Gasteiger charge is -2.22. The number of benzene rings is 2. The summed E-state index contributed by atoms with van der Waals surface area (Å²) in [6.07, 6.45) is 29.7. The zero-order valence-corrected chi connectivity index (χ0v) is 36.3. The van der Waals surface area contributed by atoms with Gasteiger partial charge in [-0.15, -0.1) is 0 Å². The van der Waals surface area contributed by atoms with Gasteiger partial charge in [0.2, 0.25) is 11.8 Å². The Labute approximate surface area is 339 Å². The van der Waals surface area contributed by atoms with E-state index in [2.05, 4.69) is 72.4 Å². The molecule has 2 aromatic carbocycles. The number of nitrogens with one attached hydrogen (secondary N) is 2. The van der Waals surface area contributed by atoms with Crippen molar-refractivity contribution in [2.24, 2.45) is 0 Å². The van der Waals surface area contributed by atoms with Crippen molar-refractivity contribution in [1.82, 2.24) is 9.80 Å². The highest BCUT2D eigenvalue weighted by Crippen LogP contribution is 2.19. The van der Waals surface area contributed by atoms with Crippen molar-refractivity contribution in [2.45, 2.75) is 188 Å². The summed E-state index contributed by atoms with van der Waals surface area (Å²) in [5, 5.41) is 6.32. The predicted molar refractivity (Wildman–Crippen MR) is 239 cm³/mol. The lowest BCUT2D eigenvalue weighted by Crippen LogP contribution is -2.28. The van der Waals surface area contributed by atoms with E-state index in [-0.39, 0.29) is 11.8 Å². The molecule has 0 aromatic heterocycles. The first-order chi connectivity index (χ1) is 27.0. The van der Waals surface area contributed by atoms with Gasteiger partial charge in [-0.3, -0.25) is 9.59 Å². The van der Waals surface area contributed by atoms with Gasteiger partial charge >= 0.3 is 0 Å². The van der Waals surface area contributed by atoms with E-state index in [9.17, 15) is 9.59 Å². The molecule has 6 heteroatoms. The van der Waals surface area contributed by atoms with E-state index in [1.165, 1.54) is 128 Å². The van der Waals surface area contributed by atoms with E-state index in [1.807, 2.05) is 24.3 Å². The van der Waals surface area contributed by atoms with Gasteiger partial charge in [-0.05, 0) is 120 Å². The van der Waals surface area contributed by atoms with Gasteiger partial charge in [0.25, 0.3) is 0 Å². The first-order valence-corrected chi connectivity index (χ1v) is 23.2. The fraction of sp³-hybridized carbons (Fsp3) is 0.714. The van der Waals surface area contributed by atoms with Gasteiger partial charge in [-0.25, -0.2) is 0 Å². The highest BCUT2D eigenvalue weighted by molar-refractivity contribution is 5.91. The van der Waals surface area contributed by atoms with Crippen LogP contribution in [0.1, 0.15) is 193 Å². The Bertz CT molecular complexity index is 1110. The second-order valence-electron chi connectivity index (χ2n) is 16.2. The maximum Gasteiger partial charge on any atom is 0.224 e. The fourth-order valence-electron chi connectivity index (χ4n) is 7.55. The normalized spacial score (nSPS) is 11.5. The molecule has 2 N–H and O–H groups in total. The molecule has 0 spiro atoms. The zero-order chi connectivity index (χ0) is 39.6. The molecule has 0 saturated carbocycles. The monoisotopic (exact) mass is 761 g/mol. The third-order valence-electron chi connectivity index (χ3n) is 10.9. The minimum atomic E-state index is 0.0924. The number of unbranched alkanes of at least 4 members (excludes halogenated alkanes) is 16. The van der Waals surface area contributed by atoms with Crippen LogP contribution in [-0.4, -0.2) is 60.9 Å². The van der Waals surface area contributed by atoms with E-state index in [4.69, 9.17) is 0 Å². The number of hydrogen-bond donors (Lipinski definition) is 2. The van der Waals surface area contributed by atoms with Crippen LogP contribution in [0.5, 0.6) is 0 Å². The minimum absolute atomic E-state index is 0.0924. The van der Waals surface area contributed by atoms with E-state index in [0.29, 0.717) is 12.8 Å². The summed E-state index contributed by atoms with van der Waals surface area (Å²) in [7, 11) is 0. The molecule has 2 aromatic rings. The van der Waals surface area contributed by atoms with Crippen molar-refractivity contribution < 1.29 is 9.59 Å². The number of anilines is 2. The number of carbonyl (C=O) groups is 2. The van der Waals surface area contributed by atoms with E-state index in [0.717, 1.165) is 81.0 Å². The van der Waals surface area contributed by atoms with Gasteiger partial charge in [0, 0.05) is 24.2 Å². The highest BCUT2D eigenvalue weighted by Gasteiger charge is 2.11. The average molecular weight is 761 g/mol. The van der Waals surface area contributed by atoms with Crippen LogP contribution in [0.4, 0.5) is 11.4 Å². The van der Waals surface area contributed by atoms with Crippen molar-refractivity contribution in [3.8, 4) is 0 Å². The van der Waals surface area contributed by atoms with Crippen LogP contribution < -0.4 is 10.6 Å². The fourth-order valence-corrected chi connectivity index (χ4v) is 7.55. The van der Waals surface area contributed by atoms with E-state index in [1.54, 1.807) is 0 Å². The summed E-state index contributed by atoms with van der Waals surface area (Å²) < 4.78 is 0. The van der Waals surface area contributed by atoms with Crippen molar-refractivity contribution in [3.63, 3.8) is 0 Å². The molecule has 0 atom stereocenters. The number of rotatable bonds is 36. The number of carbonyl (C=O) groups excluding carboxylic acids is 2. The third-order valence-corrected chi connectivity index (χ3v) is 10.9. The van der Waals surface area contributed by atoms with E-state index < -0.39 is 0 Å². The molecule has 0 aliphatic carbocycles. The maximum absolute atomic E-state index is 13.0. The van der Waals surface area contributed by atoms with Crippen LogP contribution in [0.25, 0.3) is 0 Å². The SMILES string of the molecule is CCCCCCCN(CCCCCCC)CCCC(=O)Nc1cccc(Cc2cccc(NC(=O)CCCN(CCCCCCC)CCCCCCC)c2)c1. The minimum Gasteiger partial charge on any atom is -0.326 e. The lowest BCUT2D eigenvalue weighted by molar-refractivity contribution is -0.117. The summed E-state index contributed by atoms with van der Waals surface area (Å²) >= 11 is 0. The molecule has 0 fully saturated rings. The molecular formula is C49H84N4O2. The molecule has 0 heterocycles. The van der Waals surface area contributed by atoms with Crippen molar-refractivity contribution >= 4 is 23.2 Å². The molecule has 2 rings (SSSR count). The molecule has 55 heavy (non-hydrogen) atoms. The standard InChI is InChI=1S/C49H84N4O2/c1-5-9-13-17-21-35-52(36-22-18-14-10-6-2)39-27-33-48(54)50-46-31-25-29-44(42-46)41-45-30-26-32-47(43-45)51-49(55)34-28-40-53(37-23-19-15-11-7-3)38-24-20-16-12-8-4/h25-26,29-32,42-43H,5-24,27-28,33-41H2,1-4H3,(H,50,54)(H,51,55). The van der Waals surface area contributed by atoms with E-state index >= 15 is 0 Å².